The smallest absolute Gasteiger partial charge is 0.261 e. The molecule has 0 spiro atoms. The maximum absolute atomic E-state index is 12.9. The zero-order valence-electron chi connectivity index (χ0n) is 9.17. The normalized spacial score (nSPS) is 25.4. The fourth-order valence-electron chi connectivity index (χ4n) is 1.54. The summed E-state index contributed by atoms with van der Waals surface area (Å²) in [6, 6.07) is 6.38. The van der Waals surface area contributed by atoms with E-state index in [0.717, 1.165) is 0 Å². The zero-order valence-corrected chi connectivity index (χ0v) is 9.93. The van der Waals surface area contributed by atoms with Gasteiger partial charge in [-0.25, -0.2) is 8.78 Å². The lowest BCUT2D eigenvalue weighted by molar-refractivity contribution is -0.129. The van der Waals surface area contributed by atoms with Crippen LogP contribution in [0, 0.1) is 5.41 Å². The lowest BCUT2D eigenvalue weighted by Crippen LogP contribution is -2.25. The highest BCUT2D eigenvalue weighted by molar-refractivity contribution is 6.30. The van der Waals surface area contributed by atoms with Gasteiger partial charge in [0.15, 0.2) is 5.78 Å². The Morgan fingerprint density at radius 3 is 2.41 bits per heavy atom. The predicted octanol–water partition coefficient (Wildman–Crippen LogP) is 3.33. The number of carbonyl (C=O) groups is 1. The summed E-state index contributed by atoms with van der Waals surface area (Å²) in [4.78, 5) is 11.6. The van der Waals surface area contributed by atoms with E-state index in [0.29, 0.717) is 10.8 Å². The van der Waals surface area contributed by atoms with Gasteiger partial charge < -0.3 is 4.74 Å². The van der Waals surface area contributed by atoms with E-state index in [4.69, 9.17) is 16.3 Å². The number of ether oxygens (including phenoxy) is 1. The second-order valence-corrected chi connectivity index (χ2v) is 4.82. The van der Waals surface area contributed by atoms with E-state index in [2.05, 4.69) is 0 Å². The Hall–Kier alpha value is -1.16. The van der Waals surface area contributed by atoms with Gasteiger partial charge in [0, 0.05) is 11.4 Å². The Kier molecular flexibility index (Phi) is 2.86. The fraction of sp³-hybridized carbons (Fsp3) is 0.417. The van der Waals surface area contributed by atoms with Gasteiger partial charge in [-0.3, -0.25) is 4.79 Å². The maximum Gasteiger partial charge on any atom is 0.261 e. The van der Waals surface area contributed by atoms with Crippen molar-refractivity contribution in [2.24, 2.45) is 5.41 Å². The monoisotopic (exact) mass is 260 g/mol. The van der Waals surface area contributed by atoms with Crippen molar-refractivity contribution in [1.29, 1.82) is 0 Å². The summed E-state index contributed by atoms with van der Waals surface area (Å²) in [7, 11) is 0. The number of rotatable bonds is 4. The molecule has 1 aromatic rings. The van der Waals surface area contributed by atoms with Gasteiger partial charge >= 0.3 is 0 Å². The summed E-state index contributed by atoms with van der Waals surface area (Å²) in [6.45, 7) is 0.925. The Labute approximate surface area is 103 Å². The molecular weight excluding hydrogens is 250 g/mol. The number of hydrogen-bond donors (Lipinski definition) is 0. The molecule has 1 saturated carbocycles. The van der Waals surface area contributed by atoms with Crippen LogP contribution in [0.2, 0.25) is 5.02 Å². The second kappa shape index (κ2) is 3.95. The minimum absolute atomic E-state index is 0.340. The van der Waals surface area contributed by atoms with Gasteiger partial charge in [-0.1, -0.05) is 11.6 Å². The summed E-state index contributed by atoms with van der Waals surface area (Å²) in [5, 5.41) is 0.546. The first kappa shape index (κ1) is 12.3. The SMILES string of the molecule is CC1(C(=O)COc2ccc(Cl)cc2)CC1(F)F. The quantitative estimate of drug-likeness (QED) is 0.830. The number of Topliss-reactive ketones (excluding diaryl/α,β-unsaturated/α-hetero) is 1. The Morgan fingerprint density at radius 1 is 1.41 bits per heavy atom. The van der Waals surface area contributed by atoms with Crippen LogP contribution in [0.25, 0.3) is 0 Å². The molecule has 1 aliphatic carbocycles. The van der Waals surface area contributed by atoms with Crippen molar-refractivity contribution in [2.75, 3.05) is 6.61 Å². The molecule has 0 heterocycles. The standard InChI is InChI=1S/C12H11ClF2O2/c1-11(7-12(11,14)15)10(16)6-17-9-4-2-8(13)3-5-9/h2-5H,6-7H2,1H3. The van der Waals surface area contributed by atoms with E-state index in [1.165, 1.54) is 6.92 Å². The molecule has 0 N–H and O–H groups in total. The first-order chi connectivity index (χ1) is 7.85. The summed E-state index contributed by atoms with van der Waals surface area (Å²) in [5.74, 6) is -3.01. The Morgan fingerprint density at radius 2 is 1.94 bits per heavy atom. The minimum atomic E-state index is -2.88. The molecule has 17 heavy (non-hydrogen) atoms. The third-order valence-electron chi connectivity index (χ3n) is 3.06. The molecule has 0 saturated heterocycles. The van der Waals surface area contributed by atoms with Gasteiger partial charge in [0.1, 0.15) is 12.4 Å². The molecule has 1 fully saturated rings. The van der Waals surface area contributed by atoms with Crippen molar-refractivity contribution in [2.45, 2.75) is 19.3 Å². The van der Waals surface area contributed by atoms with Gasteiger partial charge in [0.05, 0.1) is 5.41 Å². The van der Waals surface area contributed by atoms with E-state index < -0.39 is 17.1 Å². The molecule has 2 nitrogen and oxygen atoms in total. The largest absolute Gasteiger partial charge is 0.486 e. The lowest BCUT2D eigenvalue weighted by Gasteiger charge is -2.10. The molecule has 0 amide bonds. The summed E-state index contributed by atoms with van der Waals surface area (Å²) in [5.41, 5.74) is -1.54. The molecule has 5 heteroatoms. The van der Waals surface area contributed by atoms with Crippen molar-refractivity contribution in [3.05, 3.63) is 29.3 Å². The Balaban J connectivity index is 1.91. The molecule has 1 aliphatic rings. The van der Waals surface area contributed by atoms with Crippen LogP contribution in [0.5, 0.6) is 5.75 Å². The molecule has 0 bridgehead atoms. The highest BCUT2D eigenvalue weighted by Crippen LogP contribution is 2.60. The highest BCUT2D eigenvalue weighted by atomic mass is 35.5. The zero-order chi connectivity index (χ0) is 12.7. The molecule has 1 unspecified atom stereocenters. The summed E-state index contributed by atoms with van der Waals surface area (Å²) in [6.07, 6.45) is -0.386. The Bertz CT molecular complexity index is 444. The fourth-order valence-corrected chi connectivity index (χ4v) is 1.67. The average Bonchev–Trinajstić information content (AvgIpc) is 2.78. The predicted molar refractivity (Wildman–Crippen MR) is 59.6 cm³/mol. The van der Waals surface area contributed by atoms with Crippen LogP contribution in [0.1, 0.15) is 13.3 Å². The number of halogens is 3. The highest BCUT2D eigenvalue weighted by Gasteiger charge is 2.72. The maximum atomic E-state index is 12.9. The van der Waals surface area contributed by atoms with Gasteiger partial charge in [-0.2, -0.15) is 0 Å². The van der Waals surface area contributed by atoms with Gasteiger partial charge in [0.2, 0.25) is 0 Å². The van der Waals surface area contributed by atoms with Crippen LogP contribution in [-0.2, 0) is 4.79 Å². The van der Waals surface area contributed by atoms with E-state index in [9.17, 15) is 13.6 Å². The van der Waals surface area contributed by atoms with Crippen molar-refractivity contribution in [1.82, 2.24) is 0 Å². The summed E-state index contributed by atoms with van der Waals surface area (Å²) >= 11 is 5.67. The molecule has 0 aliphatic heterocycles. The van der Waals surface area contributed by atoms with Crippen molar-refractivity contribution in [3.8, 4) is 5.75 Å². The average molecular weight is 261 g/mol. The van der Waals surface area contributed by atoms with Gasteiger partial charge in [-0.05, 0) is 31.2 Å². The van der Waals surface area contributed by atoms with Crippen molar-refractivity contribution < 1.29 is 18.3 Å². The van der Waals surface area contributed by atoms with E-state index in [-0.39, 0.29) is 13.0 Å². The molecule has 1 atom stereocenters. The number of carbonyl (C=O) groups excluding carboxylic acids is 1. The van der Waals surface area contributed by atoms with E-state index >= 15 is 0 Å². The van der Waals surface area contributed by atoms with Crippen molar-refractivity contribution >= 4 is 17.4 Å². The molecule has 1 aromatic carbocycles. The molecule has 0 aromatic heterocycles. The molecular formula is C12H11ClF2O2. The van der Waals surface area contributed by atoms with Crippen LogP contribution in [0.15, 0.2) is 24.3 Å². The number of alkyl halides is 2. The van der Waals surface area contributed by atoms with Crippen molar-refractivity contribution in [3.63, 3.8) is 0 Å². The third-order valence-corrected chi connectivity index (χ3v) is 3.31. The van der Waals surface area contributed by atoms with E-state index in [1.807, 2.05) is 0 Å². The second-order valence-electron chi connectivity index (χ2n) is 4.38. The van der Waals surface area contributed by atoms with Crippen LogP contribution in [-0.4, -0.2) is 18.3 Å². The van der Waals surface area contributed by atoms with Gasteiger partial charge in [-0.15, -0.1) is 0 Å². The first-order valence-electron chi connectivity index (χ1n) is 5.15. The van der Waals surface area contributed by atoms with Crippen LogP contribution in [0.3, 0.4) is 0 Å². The molecule has 92 valence electrons. The molecule has 2 rings (SSSR count). The van der Waals surface area contributed by atoms with Crippen LogP contribution in [0.4, 0.5) is 8.78 Å². The lowest BCUT2D eigenvalue weighted by atomic mass is 10.0. The molecule has 0 radical (unpaired) electrons. The van der Waals surface area contributed by atoms with E-state index in [1.54, 1.807) is 24.3 Å². The first-order valence-corrected chi connectivity index (χ1v) is 5.52. The topological polar surface area (TPSA) is 26.3 Å². The summed E-state index contributed by atoms with van der Waals surface area (Å²) < 4.78 is 31.0. The van der Waals surface area contributed by atoms with Crippen LogP contribution >= 0.6 is 11.6 Å². The minimum Gasteiger partial charge on any atom is -0.486 e. The van der Waals surface area contributed by atoms with Crippen LogP contribution < -0.4 is 4.74 Å². The number of hydrogen-bond acceptors (Lipinski definition) is 2. The van der Waals surface area contributed by atoms with Gasteiger partial charge in [0.25, 0.3) is 5.92 Å². The third kappa shape index (κ3) is 2.27. The number of ketones is 1. The number of benzene rings is 1.